The number of fused-ring (bicyclic) bond motifs is 3. The largest absolute Gasteiger partial charge is 0.479 e. The average molecular weight is 371 g/mol. The third-order valence-corrected chi connectivity index (χ3v) is 5.77. The normalized spacial score (nSPS) is 23.3. The van der Waals surface area contributed by atoms with Crippen LogP contribution in [0.2, 0.25) is 10.0 Å². The molecule has 0 amide bonds. The number of ether oxygens (including phenoxy) is 1. The molecule has 0 saturated carbocycles. The van der Waals surface area contributed by atoms with Crippen molar-refractivity contribution in [2.24, 2.45) is 5.92 Å². The van der Waals surface area contributed by atoms with Gasteiger partial charge in [-0.15, -0.1) is 0 Å². The van der Waals surface area contributed by atoms with E-state index in [1.165, 1.54) is 11.1 Å². The Hall–Kier alpha value is -2.15. The molecule has 2 aliphatic rings. The van der Waals surface area contributed by atoms with Crippen molar-refractivity contribution < 1.29 is 4.74 Å². The second kappa shape index (κ2) is 6.63. The van der Waals surface area contributed by atoms with E-state index < -0.39 is 0 Å². The number of hydrogen-bond acceptors (Lipinski definition) is 3. The molecule has 0 bridgehead atoms. The van der Waals surface area contributed by atoms with Gasteiger partial charge in [-0.25, -0.2) is 0 Å². The minimum absolute atomic E-state index is 0.0527. The van der Waals surface area contributed by atoms with Crippen molar-refractivity contribution >= 4 is 28.9 Å². The Labute approximate surface area is 156 Å². The smallest absolute Gasteiger partial charge is 0.174 e. The monoisotopic (exact) mass is 370 g/mol. The topological polar surface area (TPSA) is 45.0 Å². The summed E-state index contributed by atoms with van der Waals surface area (Å²) in [7, 11) is 0. The Bertz CT molecular complexity index is 871. The van der Waals surface area contributed by atoms with Gasteiger partial charge < -0.3 is 10.1 Å². The number of hydrogen-bond donors (Lipinski definition) is 1. The molecule has 0 spiro atoms. The summed E-state index contributed by atoms with van der Waals surface area (Å²) in [6.45, 7) is 0.0527. The summed E-state index contributed by atoms with van der Waals surface area (Å²) < 4.78 is 5.34. The number of rotatable bonds is 3. The van der Waals surface area contributed by atoms with Crippen LogP contribution >= 0.6 is 23.2 Å². The van der Waals surface area contributed by atoms with Crippen molar-refractivity contribution in [3.8, 4) is 11.8 Å². The molecule has 3 nitrogen and oxygen atoms in total. The van der Waals surface area contributed by atoms with Gasteiger partial charge in [0.15, 0.2) is 6.61 Å². The third-order valence-electron chi connectivity index (χ3n) is 4.97. The molecule has 2 aromatic carbocycles. The fourth-order valence-corrected chi connectivity index (χ4v) is 4.20. The van der Waals surface area contributed by atoms with E-state index in [-0.39, 0.29) is 12.6 Å². The first-order chi connectivity index (χ1) is 12.2. The molecule has 126 valence electrons. The molecule has 0 radical (unpaired) electrons. The molecule has 0 fully saturated rings. The maximum atomic E-state index is 8.61. The van der Waals surface area contributed by atoms with E-state index >= 15 is 0 Å². The Morgan fingerprint density at radius 3 is 2.72 bits per heavy atom. The van der Waals surface area contributed by atoms with Gasteiger partial charge in [-0.3, -0.25) is 0 Å². The zero-order chi connectivity index (χ0) is 17.4. The number of anilines is 1. The van der Waals surface area contributed by atoms with E-state index in [1.807, 2.05) is 36.4 Å². The van der Waals surface area contributed by atoms with Crippen LogP contribution in [0.1, 0.15) is 29.5 Å². The molecule has 1 N–H and O–H groups in total. The average Bonchev–Trinajstić information content (AvgIpc) is 3.13. The Kier molecular flexibility index (Phi) is 4.33. The van der Waals surface area contributed by atoms with Gasteiger partial charge in [0.1, 0.15) is 11.8 Å². The summed E-state index contributed by atoms with van der Waals surface area (Å²) in [6, 6.07) is 14.0. The van der Waals surface area contributed by atoms with Crippen LogP contribution in [-0.4, -0.2) is 6.61 Å². The lowest BCUT2D eigenvalue weighted by Gasteiger charge is -2.38. The van der Waals surface area contributed by atoms with Crippen LogP contribution in [0.25, 0.3) is 0 Å². The predicted molar refractivity (Wildman–Crippen MR) is 100 cm³/mol. The zero-order valence-corrected chi connectivity index (χ0v) is 14.9. The maximum Gasteiger partial charge on any atom is 0.174 e. The van der Waals surface area contributed by atoms with E-state index in [2.05, 4.69) is 23.5 Å². The number of allylic oxidation sites excluding steroid dienone is 2. The first kappa shape index (κ1) is 16.3. The van der Waals surface area contributed by atoms with Gasteiger partial charge in [0.05, 0.1) is 21.8 Å². The van der Waals surface area contributed by atoms with Crippen LogP contribution in [0.3, 0.4) is 0 Å². The molecule has 0 unspecified atom stereocenters. The van der Waals surface area contributed by atoms with Gasteiger partial charge in [-0.2, -0.15) is 5.26 Å². The van der Waals surface area contributed by atoms with Crippen LogP contribution in [0.15, 0.2) is 48.6 Å². The number of nitrogens with one attached hydrogen (secondary N) is 1. The molecule has 0 saturated heterocycles. The Morgan fingerprint density at radius 1 is 1.16 bits per heavy atom. The van der Waals surface area contributed by atoms with E-state index in [0.717, 1.165) is 12.1 Å². The first-order valence-corrected chi connectivity index (χ1v) is 8.95. The van der Waals surface area contributed by atoms with E-state index in [0.29, 0.717) is 27.6 Å². The summed E-state index contributed by atoms with van der Waals surface area (Å²) in [6.07, 6.45) is 5.53. The van der Waals surface area contributed by atoms with Gasteiger partial charge in [-0.1, -0.05) is 53.6 Å². The third kappa shape index (κ3) is 2.86. The molecule has 25 heavy (non-hydrogen) atoms. The Balaban J connectivity index is 1.69. The standard InChI is InChI=1S/C20H16Cl2N2O/c21-17-9-8-16-14-2-1-3-15(14)19(24-20(16)18(17)22)12-4-6-13(7-5-12)25-11-10-23/h1-2,4-9,14-15,19,24H,3,11H2/t14-,15+,19-/m1/s1. The quantitative estimate of drug-likeness (QED) is 0.702. The molecular weight excluding hydrogens is 355 g/mol. The molecule has 4 rings (SSSR count). The lowest BCUT2D eigenvalue weighted by atomic mass is 9.77. The SMILES string of the molecule is N#CCOc1ccc([C@H]2Nc3c(ccc(Cl)c3Cl)[C@@H]3C=CC[C@H]23)cc1. The maximum absolute atomic E-state index is 8.61. The highest BCUT2D eigenvalue weighted by molar-refractivity contribution is 6.43. The van der Waals surface area contributed by atoms with Gasteiger partial charge in [0, 0.05) is 5.92 Å². The van der Waals surface area contributed by atoms with Crippen LogP contribution in [0, 0.1) is 17.2 Å². The van der Waals surface area contributed by atoms with Gasteiger partial charge in [0.25, 0.3) is 0 Å². The summed E-state index contributed by atoms with van der Waals surface area (Å²) >= 11 is 12.7. The van der Waals surface area contributed by atoms with Crippen molar-refractivity contribution in [1.29, 1.82) is 5.26 Å². The molecule has 2 aromatic rings. The van der Waals surface area contributed by atoms with Crippen LogP contribution in [-0.2, 0) is 0 Å². The highest BCUT2D eigenvalue weighted by Gasteiger charge is 2.38. The van der Waals surface area contributed by atoms with Gasteiger partial charge >= 0.3 is 0 Å². The number of halogens is 2. The summed E-state index contributed by atoms with van der Waals surface area (Å²) in [4.78, 5) is 0. The fraction of sp³-hybridized carbons (Fsp3) is 0.250. The van der Waals surface area contributed by atoms with Gasteiger partial charge in [0.2, 0.25) is 0 Å². The molecule has 5 heteroatoms. The fourth-order valence-electron chi connectivity index (χ4n) is 3.82. The van der Waals surface area contributed by atoms with Crippen LogP contribution in [0.4, 0.5) is 5.69 Å². The van der Waals surface area contributed by atoms with Crippen molar-refractivity contribution in [3.05, 3.63) is 69.7 Å². The van der Waals surface area contributed by atoms with Crippen molar-refractivity contribution in [2.45, 2.75) is 18.4 Å². The highest BCUT2D eigenvalue weighted by Crippen LogP contribution is 2.52. The second-order valence-corrected chi connectivity index (χ2v) is 7.10. The zero-order valence-electron chi connectivity index (χ0n) is 13.4. The molecule has 1 aliphatic heterocycles. The van der Waals surface area contributed by atoms with Crippen molar-refractivity contribution in [3.63, 3.8) is 0 Å². The molecule has 1 aliphatic carbocycles. The molecule has 0 aromatic heterocycles. The molecule has 3 atom stereocenters. The van der Waals surface area contributed by atoms with E-state index in [1.54, 1.807) is 0 Å². The van der Waals surface area contributed by atoms with Crippen molar-refractivity contribution in [2.75, 3.05) is 11.9 Å². The summed E-state index contributed by atoms with van der Waals surface area (Å²) in [5, 5.41) is 13.4. The lowest BCUT2D eigenvalue weighted by Crippen LogP contribution is -2.29. The molecule has 1 heterocycles. The minimum atomic E-state index is 0.0527. The van der Waals surface area contributed by atoms with E-state index in [9.17, 15) is 0 Å². The lowest BCUT2D eigenvalue weighted by molar-refractivity contribution is 0.367. The first-order valence-electron chi connectivity index (χ1n) is 8.20. The van der Waals surface area contributed by atoms with Crippen LogP contribution in [0.5, 0.6) is 5.75 Å². The highest BCUT2D eigenvalue weighted by atomic mass is 35.5. The Morgan fingerprint density at radius 2 is 1.96 bits per heavy atom. The van der Waals surface area contributed by atoms with E-state index in [4.69, 9.17) is 33.2 Å². The van der Waals surface area contributed by atoms with Gasteiger partial charge in [-0.05, 0) is 41.7 Å². The predicted octanol–water partition coefficient (Wildman–Crippen LogP) is 5.72. The number of nitriles is 1. The van der Waals surface area contributed by atoms with Crippen LogP contribution < -0.4 is 10.1 Å². The second-order valence-electron chi connectivity index (χ2n) is 6.32. The minimum Gasteiger partial charge on any atom is -0.479 e. The summed E-state index contributed by atoms with van der Waals surface area (Å²) in [5.41, 5.74) is 3.31. The number of nitrogens with zero attached hydrogens (tertiary/aromatic N) is 1. The molecular formula is C20H16Cl2N2O. The van der Waals surface area contributed by atoms with Crippen molar-refractivity contribution in [1.82, 2.24) is 0 Å². The summed E-state index contributed by atoms with van der Waals surface area (Å²) in [5.74, 6) is 1.48. The number of benzene rings is 2.